The highest BCUT2D eigenvalue weighted by atomic mass is 79.9. The van der Waals surface area contributed by atoms with Crippen LogP contribution in [-0.2, 0) is 0 Å². The van der Waals surface area contributed by atoms with Gasteiger partial charge in [-0.1, -0.05) is 15.9 Å². The van der Waals surface area contributed by atoms with Gasteiger partial charge in [0.05, 0.1) is 6.54 Å². The number of halogens is 1. The summed E-state index contributed by atoms with van der Waals surface area (Å²) in [7, 11) is 0. The highest BCUT2D eigenvalue weighted by Gasteiger charge is 2.11. The molecular weight excluding hydrogens is 248 g/mol. The van der Waals surface area contributed by atoms with Crippen molar-refractivity contribution in [2.45, 2.75) is 13.0 Å². The number of nitrogens with one attached hydrogen (secondary N) is 1. The van der Waals surface area contributed by atoms with Crippen molar-refractivity contribution in [1.82, 2.24) is 0 Å². The molecule has 0 heterocycles. The number of nitro groups is 1. The SMILES string of the molecule is CC(CNc1ccc(Br)cc1)[N+](=O)[O-]. The van der Waals surface area contributed by atoms with Gasteiger partial charge >= 0.3 is 0 Å². The molecule has 5 heteroatoms. The van der Waals surface area contributed by atoms with Crippen molar-refractivity contribution in [1.29, 1.82) is 0 Å². The van der Waals surface area contributed by atoms with Gasteiger partial charge in [0.15, 0.2) is 0 Å². The van der Waals surface area contributed by atoms with Crippen LogP contribution in [0.4, 0.5) is 5.69 Å². The lowest BCUT2D eigenvalue weighted by atomic mass is 10.3. The van der Waals surface area contributed by atoms with E-state index in [1.165, 1.54) is 0 Å². The Morgan fingerprint density at radius 3 is 2.57 bits per heavy atom. The molecule has 14 heavy (non-hydrogen) atoms. The molecule has 0 spiro atoms. The third-order valence-corrected chi connectivity index (χ3v) is 2.33. The molecule has 1 atom stereocenters. The summed E-state index contributed by atoms with van der Waals surface area (Å²) in [6.45, 7) is 1.92. The summed E-state index contributed by atoms with van der Waals surface area (Å²) in [5.74, 6) is 0. The second-order valence-electron chi connectivity index (χ2n) is 3.02. The maximum absolute atomic E-state index is 10.3. The Labute approximate surface area is 90.6 Å². The molecule has 0 fully saturated rings. The van der Waals surface area contributed by atoms with Crippen LogP contribution in [0, 0.1) is 10.1 Å². The molecule has 1 rings (SSSR count). The first-order valence-electron chi connectivity index (χ1n) is 4.22. The van der Waals surface area contributed by atoms with E-state index in [4.69, 9.17) is 0 Å². The van der Waals surface area contributed by atoms with Gasteiger partial charge in [-0.25, -0.2) is 0 Å². The molecule has 0 amide bonds. The van der Waals surface area contributed by atoms with E-state index in [2.05, 4.69) is 21.2 Å². The van der Waals surface area contributed by atoms with Crippen LogP contribution in [0.3, 0.4) is 0 Å². The second-order valence-corrected chi connectivity index (χ2v) is 3.94. The van der Waals surface area contributed by atoms with Crippen molar-refractivity contribution in [2.75, 3.05) is 11.9 Å². The molecule has 0 aliphatic carbocycles. The van der Waals surface area contributed by atoms with Gasteiger partial charge in [-0.3, -0.25) is 10.1 Å². The average Bonchev–Trinajstić information content (AvgIpc) is 2.16. The van der Waals surface area contributed by atoms with Crippen LogP contribution in [0.15, 0.2) is 28.7 Å². The summed E-state index contributed by atoms with van der Waals surface area (Å²) in [5.41, 5.74) is 0.891. The fraction of sp³-hybridized carbons (Fsp3) is 0.333. The molecule has 1 N–H and O–H groups in total. The van der Waals surface area contributed by atoms with Crippen LogP contribution < -0.4 is 5.32 Å². The number of hydrogen-bond donors (Lipinski definition) is 1. The van der Waals surface area contributed by atoms with Gasteiger partial charge in [0.25, 0.3) is 0 Å². The maximum atomic E-state index is 10.3. The lowest BCUT2D eigenvalue weighted by molar-refractivity contribution is -0.514. The fourth-order valence-corrected chi connectivity index (χ4v) is 1.17. The lowest BCUT2D eigenvalue weighted by Crippen LogP contribution is -2.24. The summed E-state index contributed by atoms with van der Waals surface area (Å²) in [5, 5.41) is 13.3. The zero-order valence-corrected chi connectivity index (χ0v) is 9.32. The van der Waals surface area contributed by atoms with Crippen molar-refractivity contribution < 1.29 is 4.92 Å². The smallest absolute Gasteiger partial charge is 0.227 e. The molecule has 0 aromatic heterocycles. The van der Waals surface area contributed by atoms with Gasteiger partial charge in [0.2, 0.25) is 6.04 Å². The maximum Gasteiger partial charge on any atom is 0.227 e. The van der Waals surface area contributed by atoms with Gasteiger partial charge in [0, 0.05) is 22.0 Å². The first kappa shape index (κ1) is 11.0. The van der Waals surface area contributed by atoms with Crippen LogP contribution in [0.1, 0.15) is 6.92 Å². The molecule has 0 radical (unpaired) electrons. The summed E-state index contributed by atoms with van der Waals surface area (Å²) in [6, 6.07) is 6.95. The molecule has 0 saturated heterocycles. The summed E-state index contributed by atoms with van der Waals surface area (Å²) in [4.78, 5) is 10.0. The van der Waals surface area contributed by atoms with Gasteiger partial charge < -0.3 is 5.32 Å². The Bertz CT molecular complexity index is 313. The van der Waals surface area contributed by atoms with Crippen molar-refractivity contribution in [2.24, 2.45) is 0 Å². The normalized spacial score (nSPS) is 12.1. The van der Waals surface area contributed by atoms with E-state index in [0.717, 1.165) is 10.2 Å². The summed E-state index contributed by atoms with van der Waals surface area (Å²) >= 11 is 3.31. The Hall–Kier alpha value is -1.10. The highest BCUT2D eigenvalue weighted by molar-refractivity contribution is 9.10. The van der Waals surface area contributed by atoms with Crippen molar-refractivity contribution >= 4 is 21.6 Å². The summed E-state index contributed by atoms with van der Waals surface area (Å²) in [6.07, 6.45) is 0. The third kappa shape index (κ3) is 3.33. The van der Waals surface area contributed by atoms with E-state index < -0.39 is 6.04 Å². The van der Waals surface area contributed by atoms with Gasteiger partial charge in [0.1, 0.15) is 0 Å². The average molecular weight is 259 g/mol. The molecule has 1 aromatic carbocycles. The lowest BCUT2D eigenvalue weighted by Gasteiger charge is -2.07. The quantitative estimate of drug-likeness (QED) is 0.667. The molecule has 0 saturated carbocycles. The number of anilines is 1. The number of rotatable bonds is 4. The number of nitrogens with zero attached hydrogens (tertiary/aromatic N) is 1. The van der Waals surface area contributed by atoms with E-state index >= 15 is 0 Å². The highest BCUT2D eigenvalue weighted by Crippen LogP contribution is 2.13. The minimum absolute atomic E-state index is 0.300. The summed E-state index contributed by atoms with van der Waals surface area (Å²) < 4.78 is 0.991. The van der Waals surface area contributed by atoms with Crippen LogP contribution in [0.2, 0.25) is 0 Å². The predicted molar refractivity (Wildman–Crippen MR) is 59.1 cm³/mol. The van der Waals surface area contributed by atoms with Crippen LogP contribution in [0.5, 0.6) is 0 Å². The zero-order chi connectivity index (χ0) is 10.6. The number of benzene rings is 1. The Morgan fingerprint density at radius 1 is 1.50 bits per heavy atom. The van der Waals surface area contributed by atoms with E-state index in [1.54, 1.807) is 6.92 Å². The Balaban J connectivity index is 2.46. The van der Waals surface area contributed by atoms with Crippen molar-refractivity contribution in [3.05, 3.63) is 38.9 Å². The van der Waals surface area contributed by atoms with Crippen LogP contribution in [0.25, 0.3) is 0 Å². The van der Waals surface area contributed by atoms with Gasteiger partial charge in [-0.05, 0) is 24.3 Å². The molecule has 0 bridgehead atoms. The van der Waals surface area contributed by atoms with E-state index in [-0.39, 0.29) is 4.92 Å². The molecule has 0 aliphatic rings. The van der Waals surface area contributed by atoms with Crippen LogP contribution in [-0.4, -0.2) is 17.5 Å². The molecular formula is C9H11BrN2O2. The standard InChI is InChI=1S/C9H11BrN2O2/c1-7(12(13)14)6-11-9-4-2-8(10)3-5-9/h2-5,7,11H,6H2,1H3. The third-order valence-electron chi connectivity index (χ3n) is 1.81. The second kappa shape index (κ2) is 4.95. The molecule has 4 nitrogen and oxygen atoms in total. The van der Waals surface area contributed by atoms with Crippen molar-refractivity contribution in [3.8, 4) is 0 Å². The predicted octanol–water partition coefficient (Wildman–Crippen LogP) is 2.53. The zero-order valence-electron chi connectivity index (χ0n) is 7.74. The monoisotopic (exact) mass is 258 g/mol. The van der Waals surface area contributed by atoms with E-state index in [9.17, 15) is 10.1 Å². The van der Waals surface area contributed by atoms with E-state index in [0.29, 0.717) is 6.54 Å². The molecule has 0 aliphatic heterocycles. The largest absolute Gasteiger partial charge is 0.378 e. The van der Waals surface area contributed by atoms with Gasteiger partial charge in [-0.15, -0.1) is 0 Å². The Kier molecular flexibility index (Phi) is 3.88. The fourth-order valence-electron chi connectivity index (χ4n) is 0.908. The molecule has 1 unspecified atom stereocenters. The van der Waals surface area contributed by atoms with E-state index in [1.807, 2.05) is 24.3 Å². The minimum atomic E-state index is -0.571. The number of hydrogen-bond acceptors (Lipinski definition) is 3. The first-order valence-corrected chi connectivity index (χ1v) is 5.02. The first-order chi connectivity index (χ1) is 6.59. The molecule has 1 aromatic rings. The molecule has 76 valence electrons. The van der Waals surface area contributed by atoms with Crippen LogP contribution >= 0.6 is 15.9 Å². The van der Waals surface area contributed by atoms with Crippen molar-refractivity contribution in [3.63, 3.8) is 0 Å². The minimum Gasteiger partial charge on any atom is -0.378 e. The topological polar surface area (TPSA) is 55.2 Å². The van der Waals surface area contributed by atoms with Gasteiger partial charge in [-0.2, -0.15) is 0 Å². The Morgan fingerprint density at radius 2 is 2.07 bits per heavy atom.